The number of aliphatic hydroxyl groups is 1. The van der Waals surface area contributed by atoms with Crippen molar-refractivity contribution < 1.29 is 14.6 Å². The van der Waals surface area contributed by atoms with Gasteiger partial charge in [-0.3, -0.25) is 4.90 Å². The van der Waals surface area contributed by atoms with Gasteiger partial charge in [-0.05, 0) is 12.5 Å². The Kier molecular flexibility index (Phi) is 5.48. The number of benzene rings is 1. The van der Waals surface area contributed by atoms with Crippen molar-refractivity contribution in [2.45, 2.75) is 12.5 Å². The monoisotopic (exact) mass is 300 g/mol. The van der Waals surface area contributed by atoms with Crippen LogP contribution in [0, 0.1) is 0 Å². The van der Waals surface area contributed by atoms with Crippen LogP contribution in [-0.2, 0) is 0 Å². The van der Waals surface area contributed by atoms with Crippen molar-refractivity contribution in [3.8, 4) is 11.5 Å². The molecule has 2 aliphatic heterocycles. The Morgan fingerprint density at radius 1 is 1.25 bits per heavy atom. The van der Waals surface area contributed by atoms with Crippen LogP contribution in [0.4, 0.5) is 0 Å². The second kappa shape index (κ2) is 7.13. The highest BCUT2D eigenvalue weighted by molar-refractivity contribution is 5.85. The Labute approximate surface area is 125 Å². The highest BCUT2D eigenvalue weighted by atomic mass is 35.5. The minimum Gasteiger partial charge on any atom is -0.454 e. The first kappa shape index (κ1) is 15.4. The maximum absolute atomic E-state index is 9.36. The van der Waals surface area contributed by atoms with Crippen molar-refractivity contribution in [2.75, 3.05) is 39.6 Å². The van der Waals surface area contributed by atoms with Gasteiger partial charge in [0, 0.05) is 44.4 Å². The summed E-state index contributed by atoms with van der Waals surface area (Å²) in [7, 11) is 0. The van der Waals surface area contributed by atoms with Crippen molar-refractivity contribution >= 4 is 12.4 Å². The largest absolute Gasteiger partial charge is 0.454 e. The van der Waals surface area contributed by atoms with E-state index in [1.807, 2.05) is 12.1 Å². The predicted molar refractivity (Wildman–Crippen MR) is 78.7 cm³/mol. The maximum atomic E-state index is 9.36. The highest BCUT2D eigenvalue weighted by Gasteiger charge is 2.27. The highest BCUT2D eigenvalue weighted by Crippen LogP contribution is 2.41. The topological polar surface area (TPSA) is 54.0 Å². The van der Waals surface area contributed by atoms with Gasteiger partial charge in [0.2, 0.25) is 6.79 Å². The van der Waals surface area contributed by atoms with E-state index in [1.54, 1.807) is 0 Å². The van der Waals surface area contributed by atoms with E-state index >= 15 is 0 Å². The maximum Gasteiger partial charge on any atom is 0.231 e. The standard InChI is InChI=1S/C14H20N2O3.ClH/c17-9-4-12(16-7-5-15-6-8-16)11-2-1-3-13-14(11)19-10-18-13;/h1-3,12,15,17H,4-10H2;1H/t12-;/m0./s1. The number of ether oxygens (including phenoxy) is 2. The number of nitrogens with one attached hydrogen (secondary N) is 1. The first-order valence-corrected chi connectivity index (χ1v) is 6.84. The van der Waals surface area contributed by atoms with E-state index in [4.69, 9.17) is 9.47 Å². The van der Waals surface area contributed by atoms with Gasteiger partial charge in [0.15, 0.2) is 11.5 Å². The normalized spacial score (nSPS) is 19.4. The van der Waals surface area contributed by atoms with E-state index in [0.717, 1.165) is 49.7 Å². The number of hydrogen-bond donors (Lipinski definition) is 2. The molecule has 20 heavy (non-hydrogen) atoms. The van der Waals surface area contributed by atoms with Gasteiger partial charge in [-0.15, -0.1) is 12.4 Å². The molecule has 0 saturated carbocycles. The molecule has 1 fully saturated rings. The molecule has 1 atom stereocenters. The van der Waals surface area contributed by atoms with Crippen molar-refractivity contribution in [3.05, 3.63) is 23.8 Å². The first-order valence-electron chi connectivity index (χ1n) is 6.84. The molecule has 0 spiro atoms. The van der Waals surface area contributed by atoms with Crippen LogP contribution in [0.5, 0.6) is 11.5 Å². The number of piperazine rings is 1. The first-order chi connectivity index (χ1) is 9.40. The molecule has 0 aromatic heterocycles. The lowest BCUT2D eigenvalue weighted by Crippen LogP contribution is -2.45. The summed E-state index contributed by atoms with van der Waals surface area (Å²) in [6, 6.07) is 6.20. The molecule has 1 saturated heterocycles. The van der Waals surface area contributed by atoms with Crippen LogP contribution >= 0.6 is 12.4 Å². The summed E-state index contributed by atoms with van der Waals surface area (Å²) in [5.74, 6) is 1.66. The second-order valence-corrected chi connectivity index (χ2v) is 4.90. The molecule has 1 aromatic rings. The van der Waals surface area contributed by atoms with Crippen LogP contribution in [0.1, 0.15) is 18.0 Å². The molecule has 0 amide bonds. The zero-order chi connectivity index (χ0) is 13.1. The van der Waals surface area contributed by atoms with Gasteiger partial charge in [0.05, 0.1) is 0 Å². The molecule has 6 heteroatoms. The van der Waals surface area contributed by atoms with Gasteiger partial charge in [0.1, 0.15) is 0 Å². The Bertz CT molecular complexity index is 438. The van der Waals surface area contributed by atoms with Crippen LogP contribution in [0.15, 0.2) is 18.2 Å². The van der Waals surface area contributed by atoms with E-state index in [9.17, 15) is 5.11 Å². The summed E-state index contributed by atoms with van der Waals surface area (Å²) in [4.78, 5) is 2.41. The SMILES string of the molecule is Cl.OCC[C@@H](c1cccc2c1OCO2)N1CCNCC1. The Morgan fingerprint density at radius 2 is 2.05 bits per heavy atom. The third kappa shape index (κ3) is 3.01. The second-order valence-electron chi connectivity index (χ2n) is 4.90. The van der Waals surface area contributed by atoms with Crippen LogP contribution in [0.2, 0.25) is 0 Å². The zero-order valence-electron chi connectivity index (χ0n) is 11.4. The molecule has 5 nitrogen and oxygen atoms in total. The smallest absolute Gasteiger partial charge is 0.231 e. The average Bonchev–Trinajstić information content (AvgIpc) is 2.94. The van der Waals surface area contributed by atoms with Crippen LogP contribution in [0.3, 0.4) is 0 Å². The van der Waals surface area contributed by atoms with Crippen molar-refractivity contribution in [3.63, 3.8) is 0 Å². The van der Waals surface area contributed by atoms with Crippen LogP contribution in [-0.4, -0.2) is 49.6 Å². The molecule has 1 aromatic carbocycles. The van der Waals surface area contributed by atoms with E-state index in [2.05, 4.69) is 16.3 Å². The molecule has 2 N–H and O–H groups in total. The zero-order valence-corrected chi connectivity index (χ0v) is 12.2. The number of aliphatic hydroxyl groups excluding tert-OH is 1. The van der Waals surface area contributed by atoms with E-state index < -0.39 is 0 Å². The molecule has 0 bridgehead atoms. The van der Waals surface area contributed by atoms with Crippen molar-refractivity contribution in [1.29, 1.82) is 0 Å². The van der Waals surface area contributed by atoms with Gasteiger partial charge >= 0.3 is 0 Å². The fraction of sp³-hybridized carbons (Fsp3) is 0.571. The number of nitrogens with zero attached hydrogens (tertiary/aromatic N) is 1. The quantitative estimate of drug-likeness (QED) is 0.874. The van der Waals surface area contributed by atoms with Crippen molar-refractivity contribution in [2.24, 2.45) is 0 Å². The Morgan fingerprint density at radius 3 is 2.80 bits per heavy atom. The molecular weight excluding hydrogens is 280 g/mol. The number of hydrogen-bond acceptors (Lipinski definition) is 5. The van der Waals surface area contributed by atoms with E-state index in [0.29, 0.717) is 6.79 Å². The summed E-state index contributed by atoms with van der Waals surface area (Å²) in [6.45, 7) is 4.45. The number of rotatable bonds is 4. The van der Waals surface area contributed by atoms with E-state index in [-0.39, 0.29) is 25.1 Å². The number of halogens is 1. The van der Waals surface area contributed by atoms with Gasteiger partial charge in [-0.1, -0.05) is 12.1 Å². The molecule has 0 aliphatic carbocycles. The van der Waals surface area contributed by atoms with Gasteiger partial charge in [-0.25, -0.2) is 0 Å². The summed E-state index contributed by atoms with van der Waals surface area (Å²) in [5.41, 5.74) is 1.13. The molecule has 3 rings (SSSR count). The molecule has 0 unspecified atom stereocenters. The van der Waals surface area contributed by atoms with E-state index in [1.165, 1.54) is 0 Å². The Hall–Kier alpha value is -1.01. The minimum atomic E-state index is 0. The van der Waals surface area contributed by atoms with Gasteiger partial charge in [0.25, 0.3) is 0 Å². The Balaban J connectivity index is 0.00000147. The summed E-state index contributed by atoms with van der Waals surface area (Å²) in [6.07, 6.45) is 0.722. The predicted octanol–water partition coefficient (Wildman–Crippen LogP) is 1.17. The molecular formula is C14H21ClN2O3. The summed E-state index contributed by atoms with van der Waals surface area (Å²) in [5, 5.41) is 12.7. The number of fused-ring (bicyclic) bond motifs is 1. The lowest BCUT2D eigenvalue weighted by molar-refractivity contribution is 0.135. The lowest BCUT2D eigenvalue weighted by Gasteiger charge is -2.35. The molecule has 0 radical (unpaired) electrons. The average molecular weight is 301 g/mol. The third-order valence-corrected chi connectivity index (χ3v) is 3.78. The molecule has 112 valence electrons. The molecule has 2 aliphatic rings. The van der Waals surface area contributed by atoms with Gasteiger partial charge < -0.3 is 19.9 Å². The summed E-state index contributed by atoms with van der Waals surface area (Å²) >= 11 is 0. The van der Waals surface area contributed by atoms with Crippen molar-refractivity contribution in [1.82, 2.24) is 10.2 Å². The fourth-order valence-corrected chi connectivity index (χ4v) is 2.87. The number of para-hydroxylation sites is 1. The van der Waals surface area contributed by atoms with Crippen LogP contribution in [0.25, 0.3) is 0 Å². The molecule has 2 heterocycles. The fourth-order valence-electron chi connectivity index (χ4n) is 2.87. The third-order valence-electron chi connectivity index (χ3n) is 3.78. The minimum absolute atomic E-state index is 0. The summed E-state index contributed by atoms with van der Waals surface area (Å²) < 4.78 is 11.0. The van der Waals surface area contributed by atoms with Gasteiger partial charge in [-0.2, -0.15) is 0 Å². The van der Waals surface area contributed by atoms with Crippen LogP contribution < -0.4 is 14.8 Å². The lowest BCUT2D eigenvalue weighted by atomic mass is 10.00.